The van der Waals surface area contributed by atoms with Gasteiger partial charge < -0.3 is 26.2 Å². The molecule has 3 amide bonds. The molecule has 1 aromatic carbocycles. The number of nitrogens with zero attached hydrogens (tertiary/aromatic N) is 1. The zero-order valence-electron chi connectivity index (χ0n) is 25.1. The van der Waals surface area contributed by atoms with Crippen molar-refractivity contribution >= 4 is 17.7 Å². The van der Waals surface area contributed by atoms with Gasteiger partial charge in [-0.15, -0.1) is 0 Å². The first-order valence-electron chi connectivity index (χ1n) is 14.5. The van der Waals surface area contributed by atoms with Gasteiger partial charge in [0.15, 0.2) is 0 Å². The number of amides is 3. The first-order chi connectivity index (χ1) is 19.2. The summed E-state index contributed by atoms with van der Waals surface area (Å²) >= 11 is 0. The first kappa shape index (κ1) is 34.6. The van der Waals surface area contributed by atoms with Gasteiger partial charge in [-0.05, 0) is 71.3 Å². The molecular formula is C30H50N4O7. The van der Waals surface area contributed by atoms with Crippen LogP contribution in [0.15, 0.2) is 30.3 Å². The molecule has 1 saturated carbocycles. The molecule has 11 nitrogen and oxygen atoms in total. The Morgan fingerprint density at radius 3 is 2.20 bits per heavy atom. The number of fused-ring (bicyclic) bond motifs is 1. The molecular weight excluding hydrogens is 528 g/mol. The van der Waals surface area contributed by atoms with Crippen molar-refractivity contribution in [2.75, 3.05) is 19.6 Å². The Labute approximate surface area is 243 Å². The second kappa shape index (κ2) is 15.6. The summed E-state index contributed by atoms with van der Waals surface area (Å²) < 4.78 is 0. The molecule has 1 aliphatic carbocycles. The van der Waals surface area contributed by atoms with Crippen LogP contribution >= 0.6 is 0 Å². The fourth-order valence-electron chi connectivity index (χ4n) is 5.78. The van der Waals surface area contributed by atoms with Gasteiger partial charge in [-0.1, -0.05) is 49.6 Å². The molecule has 232 valence electrons. The van der Waals surface area contributed by atoms with E-state index in [1.165, 1.54) is 26.7 Å². The number of carbonyl (C=O) groups is 3. The summed E-state index contributed by atoms with van der Waals surface area (Å²) in [5.74, 6) is -0.107. The average molecular weight is 579 g/mol. The Kier molecular flexibility index (Phi) is 13.2. The predicted octanol–water partition coefficient (Wildman–Crippen LogP) is 1.77. The van der Waals surface area contributed by atoms with Gasteiger partial charge in [0.2, 0.25) is 11.8 Å². The summed E-state index contributed by atoms with van der Waals surface area (Å²) in [6.45, 7) is 9.30. The van der Waals surface area contributed by atoms with Crippen LogP contribution in [0.5, 0.6) is 0 Å². The Bertz CT molecular complexity index is 977. The molecule has 0 aromatic heterocycles. The number of aliphatic hydroxyl groups excluding tert-OH is 1. The van der Waals surface area contributed by atoms with Crippen molar-refractivity contribution in [1.82, 2.24) is 20.9 Å². The van der Waals surface area contributed by atoms with Crippen molar-refractivity contribution in [3.8, 4) is 0 Å². The van der Waals surface area contributed by atoms with Crippen LogP contribution in [0.3, 0.4) is 0 Å². The quantitative estimate of drug-likeness (QED) is 0.163. The van der Waals surface area contributed by atoms with E-state index >= 15 is 0 Å². The topological polar surface area (TPSA) is 171 Å². The lowest BCUT2D eigenvalue weighted by Gasteiger charge is -2.47. The highest BCUT2D eigenvalue weighted by atomic mass is 17.0. The van der Waals surface area contributed by atoms with E-state index in [0.29, 0.717) is 18.3 Å². The van der Waals surface area contributed by atoms with Crippen molar-refractivity contribution in [3.05, 3.63) is 35.9 Å². The summed E-state index contributed by atoms with van der Waals surface area (Å²) in [4.78, 5) is 40.3. The van der Waals surface area contributed by atoms with Gasteiger partial charge in [0.05, 0.1) is 24.7 Å². The molecule has 0 spiro atoms. The summed E-state index contributed by atoms with van der Waals surface area (Å²) in [7, 11) is 0. The molecule has 1 aliphatic heterocycles. The third-order valence-electron chi connectivity index (χ3n) is 7.80. The van der Waals surface area contributed by atoms with E-state index in [1.807, 2.05) is 51.1 Å². The van der Waals surface area contributed by atoms with Crippen LogP contribution in [-0.4, -0.2) is 92.3 Å². The summed E-state index contributed by atoms with van der Waals surface area (Å²) in [5.41, 5.74) is -1.00. The van der Waals surface area contributed by atoms with Crippen LogP contribution < -0.4 is 16.0 Å². The maximum Gasteiger partial charge on any atom is 0.251 e. The lowest BCUT2D eigenvalue weighted by Crippen LogP contribution is -2.60. The van der Waals surface area contributed by atoms with E-state index in [-0.39, 0.29) is 30.6 Å². The van der Waals surface area contributed by atoms with Crippen LogP contribution in [0.1, 0.15) is 72.3 Å². The number of carbonyl (C=O) groups excluding carboxylic acids is 3. The second-order valence-electron chi connectivity index (χ2n) is 12.9. The lowest BCUT2D eigenvalue weighted by atomic mass is 9.72. The molecule has 3 rings (SSSR count). The number of piperidine rings is 1. The van der Waals surface area contributed by atoms with E-state index in [0.717, 1.165) is 31.4 Å². The largest absolute Gasteiger partial charge is 0.390 e. The molecule has 5 unspecified atom stereocenters. The van der Waals surface area contributed by atoms with Gasteiger partial charge in [-0.25, -0.2) is 0 Å². The van der Waals surface area contributed by atoms with Gasteiger partial charge in [0.25, 0.3) is 5.91 Å². The van der Waals surface area contributed by atoms with Crippen LogP contribution in [-0.2, 0) is 20.8 Å². The average Bonchev–Trinajstić information content (AvgIpc) is 2.91. The van der Waals surface area contributed by atoms with Crippen molar-refractivity contribution in [3.63, 3.8) is 0 Å². The van der Waals surface area contributed by atoms with Gasteiger partial charge >= 0.3 is 0 Å². The summed E-state index contributed by atoms with van der Waals surface area (Å²) in [6, 6.07) is 8.64. The molecule has 7 N–H and O–H groups in total. The normalized spacial score (nSPS) is 22.7. The maximum absolute atomic E-state index is 13.4. The SMILES string of the molecule is CC(C)(C)NC(=O)C1CC2CCCCC2CN1CC(O)C(Cc1ccccc1)NC(=O)CNC(=O)C(C)(C)O.OO. The molecule has 0 bridgehead atoms. The molecule has 0 radical (unpaired) electrons. The van der Waals surface area contributed by atoms with Crippen molar-refractivity contribution in [2.24, 2.45) is 11.8 Å². The number of rotatable bonds is 10. The molecule has 5 atom stereocenters. The standard InChI is InChI=1S/C30H48N4O5.H2O2/c1-29(2,3)33-27(37)24-16-21-13-9-10-14-22(21)18-34(24)19-25(35)23(15-20-11-7-6-8-12-20)32-26(36)17-31-28(38)30(4,5)39;1-2/h6-8,11-12,21-25,35,39H,9-10,13-19H2,1-5H3,(H,31,38)(H,32,36)(H,33,37);1-2H. The molecule has 2 aliphatic rings. The minimum absolute atomic E-state index is 0.0169. The lowest BCUT2D eigenvalue weighted by molar-refractivity contribution is -0.176. The number of benzene rings is 1. The van der Waals surface area contributed by atoms with E-state index < -0.39 is 29.6 Å². The smallest absolute Gasteiger partial charge is 0.251 e. The minimum atomic E-state index is -1.60. The molecule has 1 saturated heterocycles. The number of hydrogen-bond donors (Lipinski definition) is 7. The van der Waals surface area contributed by atoms with Crippen LogP contribution in [0.4, 0.5) is 0 Å². The van der Waals surface area contributed by atoms with Gasteiger partial charge in [-0.3, -0.25) is 29.8 Å². The highest BCUT2D eigenvalue weighted by Gasteiger charge is 2.41. The Balaban J connectivity index is 0.00000287. The van der Waals surface area contributed by atoms with E-state index in [2.05, 4.69) is 20.9 Å². The molecule has 1 aromatic rings. The number of β-amino-alcohol motifs (C(OH)–C–C–N with tert-alkyl or cyclic N) is 1. The van der Waals surface area contributed by atoms with E-state index in [1.54, 1.807) is 0 Å². The summed E-state index contributed by atoms with van der Waals surface area (Å²) in [6.07, 6.45) is 4.90. The predicted molar refractivity (Wildman–Crippen MR) is 156 cm³/mol. The molecule has 41 heavy (non-hydrogen) atoms. The van der Waals surface area contributed by atoms with Crippen LogP contribution in [0.2, 0.25) is 0 Å². The first-order valence-corrected chi connectivity index (χ1v) is 14.5. The molecule has 2 fully saturated rings. The number of aliphatic hydroxyl groups is 2. The van der Waals surface area contributed by atoms with Crippen molar-refractivity contribution < 1.29 is 35.1 Å². The Morgan fingerprint density at radius 2 is 1.61 bits per heavy atom. The van der Waals surface area contributed by atoms with Crippen LogP contribution in [0, 0.1) is 11.8 Å². The number of nitrogens with one attached hydrogen (secondary N) is 3. The minimum Gasteiger partial charge on any atom is -0.390 e. The van der Waals surface area contributed by atoms with Crippen molar-refractivity contribution in [2.45, 2.75) is 102 Å². The molecule has 1 heterocycles. The highest BCUT2D eigenvalue weighted by Crippen LogP contribution is 2.39. The van der Waals surface area contributed by atoms with E-state index in [4.69, 9.17) is 10.5 Å². The van der Waals surface area contributed by atoms with Gasteiger partial charge in [0, 0.05) is 18.6 Å². The highest BCUT2D eigenvalue weighted by molar-refractivity contribution is 5.88. The van der Waals surface area contributed by atoms with Gasteiger partial charge in [-0.2, -0.15) is 0 Å². The Hall–Kier alpha value is -2.57. The maximum atomic E-state index is 13.4. The number of likely N-dealkylation sites (tertiary alicyclic amines) is 1. The zero-order chi connectivity index (χ0) is 30.8. The van der Waals surface area contributed by atoms with Crippen LogP contribution in [0.25, 0.3) is 0 Å². The number of hydrogen-bond acceptors (Lipinski definition) is 8. The monoisotopic (exact) mass is 578 g/mol. The molecule has 11 heteroatoms. The second-order valence-corrected chi connectivity index (χ2v) is 12.9. The fraction of sp³-hybridized carbons (Fsp3) is 0.700. The Morgan fingerprint density at radius 1 is 1.00 bits per heavy atom. The fourth-order valence-corrected chi connectivity index (χ4v) is 5.78. The van der Waals surface area contributed by atoms with E-state index in [9.17, 15) is 24.6 Å². The van der Waals surface area contributed by atoms with Crippen molar-refractivity contribution in [1.29, 1.82) is 0 Å². The third kappa shape index (κ3) is 11.3. The summed E-state index contributed by atoms with van der Waals surface area (Å²) in [5, 5.41) is 41.8. The zero-order valence-corrected chi connectivity index (χ0v) is 25.1. The third-order valence-corrected chi connectivity index (χ3v) is 7.80. The van der Waals surface area contributed by atoms with Gasteiger partial charge in [0.1, 0.15) is 5.60 Å².